The predicted molar refractivity (Wildman–Crippen MR) is 67.0 cm³/mol. The molecular formula is C14H16N2O. The van der Waals surface area contributed by atoms with E-state index in [-0.39, 0.29) is 0 Å². The molecule has 2 aromatic rings. The normalized spacial score (nSPS) is 10.2. The maximum absolute atomic E-state index is 5.54. The number of hydrogen-bond acceptors (Lipinski definition) is 3. The molecule has 17 heavy (non-hydrogen) atoms. The van der Waals surface area contributed by atoms with E-state index in [1.165, 1.54) is 0 Å². The number of hydrogen-bond donors (Lipinski definition) is 0. The van der Waals surface area contributed by atoms with Crippen LogP contribution in [0.3, 0.4) is 0 Å². The van der Waals surface area contributed by atoms with E-state index in [0.29, 0.717) is 12.5 Å². The summed E-state index contributed by atoms with van der Waals surface area (Å²) in [7, 11) is 0. The quantitative estimate of drug-likeness (QED) is 0.738. The van der Waals surface area contributed by atoms with E-state index in [1.54, 1.807) is 0 Å². The monoisotopic (exact) mass is 228 g/mol. The Kier molecular flexibility index (Phi) is 4.08. The molecule has 3 nitrogen and oxygen atoms in total. The molecule has 0 aliphatic carbocycles. The van der Waals surface area contributed by atoms with Crippen molar-refractivity contribution in [2.75, 3.05) is 6.61 Å². The van der Waals surface area contributed by atoms with Crippen molar-refractivity contribution in [3.05, 3.63) is 54.0 Å². The SMILES string of the molecule is Cc1ccc(OCCCc2ccccn2)nc1. The summed E-state index contributed by atoms with van der Waals surface area (Å²) in [5.74, 6) is 0.691. The van der Waals surface area contributed by atoms with Gasteiger partial charge in [0.05, 0.1) is 6.61 Å². The van der Waals surface area contributed by atoms with Crippen LogP contribution >= 0.6 is 0 Å². The smallest absolute Gasteiger partial charge is 0.213 e. The Labute approximate surface area is 102 Å². The van der Waals surface area contributed by atoms with Gasteiger partial charge in [0.2, 0.25) is 5.88 Å². The summed E-state index contributed by atoms with van der Waals surface area (Å²) >= 11 is 0. The Morgan fingerprint density at radius 2 is 2.06 bits per heavy atom. The Hall–Kier alpha value is -1.90. The van der Waals surface area contributed by atoms with E-state index in [0.717, 1.165) is 24.1 Å². The predicted octanol–water partition coefficient (Wildman–Crippen LogP) is 2.80. The molecule has 0 bridgehead atoms. The fourth-order valence-electron chi connectivity index (χ4n) is 1.52. The molecule has 0 aliphatic rings. The molecule has 2 rings (SSSR count). The first-order chi connectivity index (χ1) is 8.34. The third-order valence-electron chi connectivity index (χ3n) is 2.44. The molecule has 0 atom stereocenters. The van der Waals surface area contributed by atoms with Crippen LogP contribution < -0.4 is 4.74 Å². The zero-order chi connectivity index (χ0) is 11.9. The lowest BCUT2D eigenvalue weighted by Crippen LogP contribution is -2.01. The van der Waals surface area contributed by atoms with Gasteiger partial charge < -0.3 is 4.74 Å². The van der Waals surface area contributed by atoms with Crippen LogP contribution in [0.15, 0.2) is 42.7 Å². The number of aryl methyl sites for hydroxylation is 2. The van der Waals surface area contributed by atoms with Crippen molar-refractivity contribution in [2.24, 2.45) is 0 Å². The van der Waals surface area contributed by atoms with Crippen LogP contribution in [0.25, 0.3) is 0 Å². The summed E-state index contributed by atoms with van der Waals surface area (Å²) in [5.41, 5.74) is 2.25. The molecule has 0 saturated carbocycles. The summed E-state index contributed by atoms with van der Waals surface area (Å²) in [5, 5.41) is 0. The maximum Gasteiger partial charge on any atom is 0.213 e. The van der Waals surface area contributed by atoms with Crippen LogP contribution in [0, 0.1) is 6.92 Å². The van der Waals surface area contributed by atoms with Gasteiger partial charge in [0, 0.05) is 24.2 Å². The molecule has 0 fully saturated rings. The van der Waals surface area contributed by atoms with Gasteiger partial charge in [-0.25, -0.2) is 4.98 Å². The van der Waals surface area contributed by atoms with Gasteiger partial charge in [-0.1, -0.05) is 12.1 Å². The van der Waals surface area contributed by atoms with Crippen molar-refractivity contribution >= 4 is 0 Å². The lowest BCUT2D eigenvalue weighted by atomic mass is 10.2. The Morgan fingerprint density at radius 3 is 2.76 bits per heavy atom. The number of ether oxygens (including phenoxy) is 1. The first-order valence-corrected chi connectivity index (χ1v) is 5.80. The van der Waals surface area contributed by atoms with Crippen molar-refractivity contribution in [2.45, 2.75) is 19.8 Å². The number of nitrogens with zero attached hydrogens (tertiary/aromatic N) is 2. The Bertz CT molecular complexity index is 440. The van der Waals surface area contributed by atoms with E-state index in [1.807, 2.05) is 49.6 Å². The van der Waals surface area contributed by atoms with Crippen molar-refractivity contribution < 1.29 is 4.74 Å². The highest BCUT2D eigenvalue weighted by Gasteiger charge is 1.96. The van der Waals surface area contributed by atoms with E-state index < -0.39 is 0 Å². The summed E-state index contributed by atoms with van der Waals surface area (Å²) in [6.45, 7) is 2.69. The van der Waals surface area contributed by atoms with Crippen LogP contribution in [-0.4, -0.2) is 16.6 Å². The summed E-state index contributed by atoms with van der Waals surface area (Å²) in [4.78, 5) is 8.45. The Morgan fingerprint density at radius 1 is 1.12 bits per heavy atom. The standard InChI is InChI=1S/C14H16N2O/c1-12-7-8-14(16-11-12)17-10-4-6-13-5-2-3-9-15-13/h2-3,5,7-9,11H,4,6,10H2,1H3. The number of aromatic nitrogens is 2. The third kappa shape index (κ3) is 3.87. The van der Waals surface area contributed by atoms with Crippen LogP contribution in [0.2, 0.25) is 0 Å². The van der Waals surface area contributed by atoms with E-state index >= 15 is 0 Å². The number of rotatable bonds is 5. The van der Waals surface area contributed by atoms with E-state index in [2.05, 4.69) is 9.97 Å². The molecule has 88 valence electrons. The van der Waals surface area contributed by atoms with Crippen LogP contribution in [-0.2, 0) is 6.42 Å². The molecule has 2 aromatic heterocycles. The average molecular weight is 228 g/mol. The van der Waals surface area contributed by atoms with Gasteiger partial charge in [-0.05, 0) is 37.5 Å². The Balaban J connectivity index is 1.71. The maximum atomic E-state index is 5.54. The molecule has 0 aliphatic heterocycles. The van der Waals surface area contributed by atoms with Gasteiger partial charge >= 0.3 is 0 Å². The van der Waals surface area contributed by atoms with Crippen molar-refractivity contribution in [3.8, 4) is 5.88 Å². The minimum Gasteiger partial charge on any atom is -0.478 e. The average Bonchev–Trinajstić information content (AvgIpc) is 2.38. The van der Waals surface area contributed by atoms with Gasteiger partial charge in [0.25, 0.3) is 0 Å². The second kappa shape index (κ2) is 5.99. The molecule has 0 aromatic carbocycles. The highest BCUT2D eigenvalue weighted by atomic mass is 16.5. The molecule has 0 radical (unpaired) electrons. The fourth-order valence-corrected chi connectivity index (χ4v) is 1.52. The molecule has 3 heteroatoms. The lowest BCUT2D eigenvalue weighted by Gasteiger charge is -2.04. The van der Waals surface area contributed by atoms with Crippen LogP contribution in [0.4, 0.5) is 0 Å². The van der Waals surface area contributed by atoms with Gasteiger partial charge in [-0.15, -0.1) is 0 Å². The van der Waals surface area contributed by atoms with Crippen LogP contribution in [0.5, 0.6) is 5.88 Å². The lowest BCUT2D eigenvalue weighted by molar-refractivity contribution is 0.298. The molecule has 2 heterocycles. The fraction of sp³-hybridized carbons (Fsp3) is 0.286. The van der Waals surface area contributed by atoms with E-state index in [4.69, 9.17) is 4.74 Å². The van der Waals surface area contributed by atoms with Gasteiger partial charge in [0.15, 0.2) is 0 Å². The minimum absolute atomic E-state index is 0.673. The zero-order valence-corrected chi connectivity index (χ0v) is 9.97. The molecule has 0 spiro atoms. The highest BCUT2D eigenvalue weighted by Crippen LogP contribution is 2.07. The third-order valence-corrected chi connectivity index (χ3v) is 2.44. The summed E-state index contributed by atoms with van der Waals surface area (Å²) in [6, 6.07) is 9.86. The highest BCUT2D eigenvalue weighted by molar-refractivity contribution is 5.16. The molecular weight excluding hydrogens is 212 g/mol. The molecule has 0 amide bonds. The first kappa shape index (κ1) is 11.6. The second-order valence-corrected chi connectivity index (χ2v) is 3.95. The molecule has 0 unspecified atom stereocenters. The van der Waals surface area contributed by atoms with Gasteiger partial charge in [-0.3, -0.25) is 4.98 Å². The van der Waals surface area contributed by atoms with Gasteiger partial charge in [-0.2, -0.15) is 0 Å². The van der Waals surface area contributed by atoms with Crippen molar-refractivity contribution in [1.82, 2.24) is 9.97 Å². The van der Waals surface area contributed by atoms with Crippen LogP contribution in [0.1, 0.15) is 17.7 Å². The van der Waals surface area contributed by atoms with Crippen molar-refractivity contribution in [1.29, 1.82) is 0 Å². The second-order valence-electron chi connectivity index (χ2n) is 3.95. The van der Waals surface area contributed by atoms with Crippen molar-refractivity contribution in [3.63, 3.8) is 0 Å². The largest absolute Gasteiger partial charge is 0.478 e. The summed E-state index contributed by atoms with van der Waals surface area (Å²) < 4.78 is 5.54. The first-order valence-electron chi connectivity index (χ1n) is 5.80. The summed E-state index contributed by atoms with van der Waals surface area (Å²) in [6.07, 6.45) is 5.52. The molecule has 0 saturated heterocycles. The topological polar surface area (TPSA) is 35.0 Å². The van der Waals surface area contributed by atoms with Gasteiger partial charge in [0.1, 0.15) is 0 Å². The van der Waals surface area contributed by atoms with E-state index in [9.17, 15) is 0 Å². The molecule has 0 N–H and O–H groups in total. The minimum atomic E-state index is 0.673. The number of pyridine rings is 2. The zero-order valence-electron chi connectivity index (χ0n) is 9.97.